The molecule has 1 atom stereocenters. The number of unbranched alkanes of at least 4 members (excludes halogenated alkanes) is 3. The Bertz CT molecular complexity index is 1140. The first-order valence-electron chi connectivity index (χ1n) is 12.2. The molecule has 1 amide bonds. The van der Waals surface area contributed by atoms with Crippen LogP contribution in [-0.2, 0) is 19.4 Å². The second kappa shape index (κ2) is 10.2. The Labute approximate surface area is 195 Å². The van der Waals surface area contributed by atoms with Crippen LogP contribution in [0.3, 0.4) is 0 Å². The number of carbonyl (C=O) groups excluding carboxylic acids is 1. The van der Waals surface area contributed by atoms with Gasteiger partial charge in [0.1, 0.15) is 0 Å². The Morgan fingerprint density at radius 3 is 2.58 bits per heavy atom. The highest BCUT2D eigenvalue weighted by Crippen LogP contribution is 2.37. The van der Waals surface area contributed by atoms with Gasteiger partial charge in [0.05, 0.1) is 11.1 Å². The summed E-state index contributed by atoms with van der Waals surface area (Å²) in [7, 11) is 0. The first-order chi connectivity index (χ1) is 16.0. The molecule has 5 heteroatoms. The van der Waals surface area contributed by atoms with Crippen LogP contribution in [0.15, 0.2) is 42.5 Å². The van der Waals surface area contributed by atoms with Crippen molar-refractivity contribution in [2.75, 3.05) is 0 Å². The fourth-order valence-electron chi connectivity index (χ4n) is 5.40. The van der Waals surface area contributed by atoms with E-state index in [9.17, 15) is 14.7 Å². The molecule has 0 fully saturated rings. The third kappa shape index (κ3) is 4.97. The van der Waals surface area contributed by atoms with Crippen molar-refractivity contribution in [3.63, 3.8) is 0 Å². The number of rotatable bonds is 9. The van der Waals surface area contributed by atoms with Gasteiger partial charge in [0.2, 0.25) is 5.91 Å². The van der Waals surface area contributed by atoms with Gasteiger partial charge < -0.3 is 15.4 Å². The minimum Gasteiger partial charge on any atom is -0.478 e. The molecule has 1 heterocycles. The van der Waals surface area contributed by atoms with E-state index in [0.29, 0.717) is 23.6 Å². The topological polar surface area (TPSA) is 85.3 Å². The molecule has 0 saturated carbocycles. The van der Waals surface area contributed by atoms with Gasteiger partial charge in [0.25, 0.3) is 0 Å². The molecule has 4 rings (SSSR count). The summed E-state index contributed by atoms with van der Waals surface area (Å²) < 4.78 is 2.23. The first-order valence-corrected chi connectivity index (χ1v) is 12.2. The Balaban J connectivity index is 1.75. The molecule has 1 aliphatic rings. The van der Waals surface area contributed by atoms with E-state index >= 15 is 0 Å². The number of hydrogen-bond donors (Lipinski definition) is 2. The molecule has 1 aromatic heterocycles. The molecule has 1 unspecified atom stereocenters. The van der Waals surface area contributed by atoms with Crippen LogP contribution in [-0.4, -0.2) is 21.6 Å². The van der Waals surface area contributed by atoms with Crippen LogP contribution >= 0.6 is 0 Å². The van der Waals surface area contributed by atoms with Gasteiger partial charge in [-0.15, -0.1) is 0 Å². The number of fused-ring (bicyclic) bond motifs is 3. The van der Waals surface area contributed by atoms with Gasteiger partial charge in [-0.25, -0.2) is 4.79 Å². The van der Waals surface area contributed by atoms with Crippen molar-refractivity contribution in [3.05, 3.63) is 70.4 Å². The van der Waals surface area contributed by atoms with Crippen molar-refractivity contribution in [1.29, 1.82) is 0 Å². The fourth-order valence-corrected chi connectivity index (χ4v) is 5.40. The number of amides is 1. The summed E-state index contributed by atoms with van der Waals surface area (Å²) in [4.78, 5) is 23.6. The molecule has 33 heavy (non-hydrogen) atoms. The van der Waals surface area contributed by atoms with Gasteiger partial charge in [0.15, 0.2) is 0 Å². The summed E-state index contributed by atoms with van der Waals surface area (Å²) >= 11 is 0. The van der Waals surface area contributed by atoms with Crippen LogP contribution in [0.25, 0.3) is 10.9 Å². The smallest absolute Gasteiger partial charge is 0.337 e. The highest BCUT2D eigenvalue weighted by Gasteiger charge is 2.26. The van der Waals surface area contributed by atoms with Gasteiger partial charge in [-0.3, -0.25) is 4.79 Å². The number of carboxylic acid groups (broad SMARTS) is 1. The number of carboxylic acids is 1. The number of carbonyl (C=O) groups is 2. The Morgan fingerprint density at radius 2 is 1.88 bits per heavy atom. The summed E-state index contributed by atoms with van der Waals surface area (Å²) in [5.41, 5.74) is 10.7. The van der Waals surface area contributed by atoms with Crippen LogP contribution in [0.1, 0.15) is 89.4 Å². The minimum absolute atomic E-state index is 0.355. The average Bonchev–Trinajstić information content (AvgIpc) is 2.95. The maximum atomic E-state index is 12.1. The summed E-state index contributed by atoms with van der Waals surface area (Å²) in [6.07, 6.45) is 10.7. The fraction of sp³-hybridized carbons (Fsp3) is 0.429. The molecule has 0 bridgehead atoms. The highest BCUT2D eigenvalue weighted by molar-refractivity contribution is 6.04. The summed E-state index contributed by atoms with van der Waals surface area (Å²) in [5.74, 6) is -0.702. The summed E-state index contributed by atoms with van der Waals surface area (Å²) in [6, 6.07) is 13.0. The predicted octanol–water partition coefficient (Wildman–Crippen LogP) is 5.95. The van der Waals surface area contributed by atoms with Crippen LogP contribution < -0.4 is 5.73 Å². The molecular formula is C28H34N2O3. The average molecular weight is 447 g/mol. The number of nitrogens with two attached hydrogens (primary N) is 1. The zero-order chi connectivity index (χ0) is 23.4. The zero-order valence-electron chi connectivity index (χ0n) is 19.5. The summed E-state index contributed by atoms with van der Waals surface area (Å²) in [6.45, 7) is 2.82. The van der Waals surface area contributed by atoms with Crippen molar-refractivity contribution in [2.24, 2.45) is 11.7 Å². The molecule has 174 valence electrons. The second-order valence-electron chi connectivity index (χ2n) is 9.39. The van der Waals surface area contributed by atoms with Gasteiger partial charge in [-0.2, -0.15) is 0 Å². The zero-order valence-corrected chi connectivity index (χ0v) is 19.5. The van der Waals surface area contributed by atoms with Gasteiger partial charge in [0, 0.05) is 23.2 Å². The van der Waals surface area contributed by atoms with E-state index in [4.69, 9.17) is 5.73 Å². The lowest BCUT2D eigenvalue weighted by molar-refractivity contribution is 0.0698. The third-order valence-corrected chi connectivity index (χ3v) is 7.10. The van der Waals surface area contributed by atoms with E-state index in [1.165, 1.54) is 49.8 Å². The van der Waals surface area contributed by atoms with Crippen molar-refractivity contribution in [2.45, 2.75) is 71.3 Å². The lowest BCUT2D eigenvalue weighted by atomic mass is 9.93. The van der Waals surface area contributed by atoms with Gasteiger partial charge in [-0.1, -0.05) is 63.3 Å². The molecule has 0 saturated heterocycles. The standard InChI is InChI=1S/C28H34N2O3/c1-2-3-4-5-8-19-9-6-10-22-23-11-7-12-24(28(32)33)26(23)30(25(22)17-19)18-20-13-15-21(16-14-20)27(29)31/h7,11-16,19H,2-6,8-10,17-18H2,1H3,(H2,29,31)(H,32,33). The number of aromatic nitrogens is 1. The normalized spacial score (nSPS) is 15.8. The maximum Gasteiger partial charge on any atom is 0.337 e. The van der Waals surface area contributed by atoms with E-state index in [-0.39, 0.29) is 0 Å². The van der Waals surface area contributed by atoms with Crippen molar-refractivity contribution >= 4 is 22.8 Å². The van der Waals surface area contributed by atoms with Crippen LogP contribution in [0.5, 0.6) is 0 Å². The van der Waals surface area contributed by atoms with E-state index < -0.39 is 11.9 Å². The molecule has 0 spiro atoms. The van der Waals surface area contributed by atoms with E-state index in [0.717, 1.165) is 35.7 Å². The molecule has 5 nitrogen and oxygen atoms in total. The Kier molecular flexibility index (Phi) is 7.17. The lowest BCUT2D eigenvalue weighted by Gasteiger charge is -2.18. The molecule has 3 aromatic rings. The van der Waals surface area contributed by atoms with Crippen LogP contribution in [0.2, 0.25) is 0 Å². The molecule has 0 radical (unpaired) electrons. The van der Waals surface area contributed by atoms with Crippen molar-refractivity contribution in [3.8, 4) is 0 Å². The first kappa shape index (κ1) is 23.1. The predicted molar refractivity (Wildman–Crippen MR) is 132 cm³/mol. The van der Waals surface area contributed by atoms with Crippen molar-refractivity contribution in [1.82, 2.24) is 4.57 Å². The number of benzene rings is 2. The third-order valence-electron chi connectivity index (χ3n) is 7.10. The molecule has 3 N–H and O–H groups in total. The lowest BCUT2D eigenvalue weighted by Crippen LogP contribution is -2.13. The summed E-state index contributed by atoms with van der Waals surface area (Å²) in [5, 5.41) is 11.0. The number of aryl methyl sites for hydroxylation is 1. The van der Waals surface area contributed by atoms with Gasteiger partial charge in [-0.05, 0) is 60.9 Å². The number of primary amides is 1. The Morgan fingerprint density at radius 1 is 1.09 bits per heavy atom. The SMILES string of the molecule is CCCCCCC1CCCc2c(n(Cc3ccc(C(N)=O)cc3)c3c(C(=O)O)cccc23)C1. The van der Waals surface area contributed by atoms with Gasteiger partial charge >= 0.3 is 5.97 Å². The molecule has 2 aromatic carbocycles. The highest BCUT2D eigenvalue weighted by atomic mass is 16.4. The minimum atomic E-state index is -0.894. The number of hydrogen-bond acceptors (Lipinski definition) is 2. The quantitative estimate of drug-likeness (QED) is 0.314. The number of aromatic carboxylic acids is 1. The van der Waals surface area contributed by atoms with E-state index in [1.807, 2.05) is 18.2 Å². The molecular weight excluding hydrogens is 412 g/mol. The molecule has 1 aliphatic carbocycles. The van der Waals surface area contributed by atoms with Crippen LogP contribution in [0.4, 0.5) is 0 Å². The van der Waals surface area contributed by atoms with Crippen LogP contribution in [0, 0.1) is 5.92 Å². The monoisotopic (exact) mass is 446 g/mol. The number of para-hydroxylation sites is 1. The Hall–Kier alpha value is -3.08. The molecule has 0 aliphatic heterocycles. The number of nitrogens with zero attached hydrogens (tertiary/aromatic N) is 1. The second-order valence-corrected chi connectivity index (χ2v) is 9.39. The maximum absolute atomic E-state index is 12.1. The van der Waals surface area contributed by atoms with E-state index in [2.05, 4.69) is 17.6 Å². The largest absolute Gasteiger partial charge is 0.478 e. The van der Waals surface area contributed by atoms with Crippen molar-refractivity contribution < 1.29 is 14.7 Å². The van der Waals surface area contributed by atoms with E-state index in [1.54, 1.807) is 18.2 Å².